The van der Waals surface area contributed by atoms with Gasteiger partial charge in [0.05, 0.1) is 12.7 Å². The van der Waals surface area contributed by atoms with Gasteiger partial charge in [-0.25, -0.2) is 0 Å². The van der Waals surface area contributed by atoms with Crippen LogP contribution in [0.25, 0.3) is 0 Å². The molecule has 0 aliphatic rings. The predicted molar refractivity (Wildman–Crippen MR) is 121 cm³/mol. The summed E-state index contributed by atoms with van der Waals surface area (Å²) in [5.74, 6) is 0.158. The molecule has 0 aromatic heterocycles. The molecule has 0 fully saturated rings. The Morgan fingerprint density at radius 1 is 0.967 bits per heavy atom. The lowest BCUT2D eigenvalue weighted by molar-refractivity contribution is 0.132. The Morgan fingerprint density at radius 2 is 1.77 bits per heavy atom. The van der Waals surface area contributed by atoms with Gasteiger partial charge in [-0.2, -0.15) is 0 Å². The Morgan fingerprint density at radius 3 is 2.53 bits per heavy atom. The fourth-order valence-electron chi connectivity index (χ4n) is 3.43. The summed E-state index contributed by atoms with van der Waals surface area (Å²) in [7, 11) is 0. The lowest BCUT2D eigenvalue weighted by atomic mass is 10.0. The summed E-state index contributed by atoms with van der Waals surface area (Å²) in [6, 6.07) is 15.8. The van der Waals surface area contributed by atoms with Gasteiger partial charge >= 0.3 is 0 Å². The number of benzene rings is 2. The van der Waals surface area contributed by atoms with Crippen molar-refractivity contribution in [3.05, 3.63) is 65.2 Å². The van der Waals surface area contributed by atoms with Gasteiger partial charge in [0.1, 0.15) is 5.75 Å². The fraction of sp³-hybridized carbons (Fsp3) is 0.520. The molecular weight excluding hydrogens is 378 g/mol. The lowest BCUT2D eigenvalue weighted by Crippen LogP contribution is -2.30. The van der Waals surface area contributed by atoms with E-state index in [0.717, 1.165) is 50.9 Å². The van der Waals surface area contributed by atoms with Gasteiger partial charge in [0.2, 0.25) is 0 Å². The third kappa shape index (κ3) is 9.26. The first-order valence-electron chi connectivity index (χ1n) is 11.1. The van der Waals surface area contributed by atoms with Crippen LogP contribution in [0.2, 0.25) is 0 Å². The van der Waals surface area contributed by atoms with Crippen LogP contribution in [-0.4, -0.2) is 47.7 Å². The average Bonchev–Trinajstić information content (AvgIpc) is 2.76. The highest BCUT2D eigenvalue weighted by atomic mass is 16.5. The lowest BCUT2D eigenvalue weighted by Gasteiger charge is -2.18. The largest absolute Gasteiger partial charge is 0.508 e. The number of hydrogen-bond acceptors (Lipinski definition) is 5. The van der Waals surface area contributed by atoms with E-state index in [-0.39, 0.29) is 12.4 Å². The number of ether oxygens (including phenoxy) is 1. The molecule has 0 radical (unpaired) electrons. The first-order valence-corrected chi connectivity index (χ1v) is 11.1. The second kappa shape index (κ2) is 14.1. The summed E-state index contributed by atoms with van der Waals surface area (Å²) < 4.78 is 5.73. The van der Waals surface area contributed by atoms with Crippen LogP contribution in [0, 0.1) is 0 Å². The Kier molecular flexibility index (Phi) is 11.5. The Bertz CT molecular complexity index is 708. The van der Waals surface area contributed by atoms with Crippen LogP contribution in [0.4, 0.5) is 0 Å². The van der Waals surface area contributed by atoms with E-state index in [0.29, 0.717) is 24.6 Å². The molecule has 0 aliphatic carbocycles. The second-order valence-corrected chi connectivity index (χ2v) is 7.88. The maximum absolute atomic E-state index is 10.4. The summed E-state index contributed by atoms with van der Waals surface area (Å²) in [4.78, 5) is 0. The van der Waals surface area contributed by atoms with Crippen molar-refractivity contribution in [1.29, 1.82) is 0 Å². The first kappa shape index (κ1) is 24.4. The van der Waals surface area contributed by atoms with Crippen LogP contribution in [0.5, 0.6) is 5.75 Å². The molecule has 2 unspecified atom stereocenters. The molecule has 0 amide bonds. The van der Waals surface area contributed by atoms with Gasteiger partial charge in [-0.3, -0.25) is 0 Å². The molecule has 0 spiro atoms. The molecule has 166 valence electrons. The smallest absolute Gasteiger partial charge is 0.118 e. The van der Waals surface area contributed by atoms with Crippen molar-refractivity contribution in [3.63, 3.8) is 0 Å². The fourth-order valence-corrected chi connectivity index (χ4v) is 3.43. The van der Waals surface area contributed by atoms with E-state index in [4.69, 9.17) is 9.84 Å². The molecule has 2 atom stereocenters. The highest BCUT2D eigenvalue weighted by Gasteiger charge is 2.12. The Balaban J connectivity index is 1.52. The molecule has 2 aromatic rings. The van der Waals surface area contributed by atoms with Crippen molar-refractivity contribution < 1.29 is 20.1 Å². The summed E-state index contributed by atoms with van der Waals surface area (Å²) >= 11 is 0. The topological polar surface area (TPSA) is 82.0 Å². The highest BCUT2D eigenvalue weighted by Crippen LogP contribution is 2.22. The van der Waals surface area contributed by atoms with Crippen molar-refractivity contribution in [2.75, 3.05) is 26.4 Å². The van der Waals surface area contributed by atoms with Crippen molar-refractivity contribution in [2.45, 2.75) is 57.6 Å². The normalized spacial score (nSPS) is 13.3. The minimum absolute atomic E-state index is 0.0273. The van der Waals surface area contributed by atoms with Crippen LogP contribution in [0.1, 0.15) is 55.4 Å². The molecule has 5 nitrogen and oxygen atoms in total. The third-order valence-corrected chi connectivity index (χ3v) is 5.33. The first-order chi connectivity index (χ1) is 14.6. The quantitative estimate of drug-likeness (QED) is 0.333. The number of nitrogens with one attached hydrogen (secondary N) is 1. The monoisotopic (exact) mass is 415 g/mol. The molecule has 2 rings (SSSR count). The summed E-state index contributed by atoms with van der Waals surface area (Å²) in [5.41, 5.74) is 2.73. The van der Waals surface area contributed by atoms with Gasteiger partial charge < -0.3 is 25.4 Å². The number of phenolic OH excluding ortho intramolecular Hbond substituents is 1. The van der Waals surface area contributed by atoms with Crippen LogP contribution in [-0.2, 0) is 17.6 Å². The third-order valence-electron chi connectivity index (χ3n) is 5.33. The SMILES string of the molecule is CC(CCCCCOCCc1ccccc1)NCC(O)c1ccc(O)c(CCO)c1. The van der Waals surface area contributed by atoms with Gasteiger partial charge in [-0.1, -0.05) is 49.2 Å². The molecule has 2 aromatic carbocycles. The molecule has 5 heteroatoms. The molecule has 0 aliphatic heterocycles. The number of aromatic hydroxyl groups is 1. The zero-order chi connectivity index (χ0) is 21.6. The minimum Gasteiger partial charge on any atom is -0.508 e. The molecule has 30 heavy (non-hydrogen) atoms. The van der Waals surface area contributed by atoms with E-state index < -0.39 is 6.10 Å². The number of hydrogen-bond donors (Lipinski definition) is 4. The number of aliphatic hydroxyl groups is 2. The van der Waals surface area contributed by atoms with Crippen molar-refractivity contribution in [2.24, 2.45) is 0 Å². The Hall–Kier alpha value is -1.92. The zero-order valence-electron chi connectivity index (χ0n) is 18.1. The maximum atomic E-state index is 10.4. The van der Waals surface area contributed by atoms with Crippen LogP contribution >= 0.6 is 0 Å². The number of phenols is 1. The van der Waals surface area contributed by atoms with E-state index in [1.165, 1.54) is 5.56 Å². The van der Waals surface area contributed by atoms with Crippen LogP contribution in [0.15, 0.2) is 48.5 Å². The standard InChI is InChI=1S/C25H37NO4/c1-20(8-4-3-7-16-30-17-14-21-9-5-2-6-10-21)26-19-25(29)22-11-12-24(28)23(18-22)13-15-27/h2,5-6,9-12,18,20,25-29H,3-4,7-8,13-17,19H2,1H3. The van der Waals surface area contributed by atoms with E-state index in [9.17, 15) is 10.2 Å². The van der Waals surface area contributed by atoms with E-state index in [1.54, 1.807) is 18.2 Å². The summed E-state index contributed by atoms with van der Waals surface area (Å²) in [6.45, 7) is 4.16. The molecule has 4 N–H and O–H groups in total. The van der Waals surface area contributed by atoms with Crippen LogP contribution in [0.3, 0.4) is 0 Å². The summed E-state index contributed by atoms with van der Waals surface area (Å²) in [5, 5.41) is 32.6. The molecule has 0 saturated heterocycles. The maximum Gasteiger partial charge on any atom is 0.118 e. The van der Waals surface area contributed by atoms with Crippen molar-refractivity contribution in [3.8, 4) is 5.75 Å². The average molecular weight is 416 g/mol. The highest BCUT2D eigenvalue weighted by molar-refractivity contribution is 5.37. The van der Waals surface area contributed by atoms with E-state index in [2.05, 4.69) is 36.5 Å². The number of aliphatic hydroxyl groups excluding tert-OH is 2. The summed E-state index contributed by atoms with van der Waals surface area (Å²) in [6.07, 6.45) is 5.12. The number of rotatable bonds is 15. The zero-order valence-corrected chi connectivity index (χ0v) is 18.1. The van der Waals surface area contributed by atoms with E-state index >= 15 is 0 Å². The molecule has 0 bridgehead atoms. The van der Waals surface area contributed by atoms with E-state index in [1.807, 2.05) is 6.07 Å². The second-order valence-electron chi connectivity index (χ2n) is 7.88. The van der Waals surface area contributed by atoms with Gasteiger partial charge in [0.25, 0.3) is 0 Å². The Labute approximate surface area is 180 Å². The minimum atomic E-state index is -0.636. The van der Waals surface area contributed by atoms with Crippen molar-refractivity contribution in [1.82, 2.24) is 5.32 Å². The van der Waals surface area contributed by atoms with Gasteiger partial charge in [0.15, 0.2) is 0 Å². The van der Waals surface area contributed by atoms with Gasteiger partial charge in [-0.05, 0) is 61.4 Å². The van der Waals surface area contributed by atoms with Gasteiger partial charge in [-0.15, -0.1) is 0 Å². The van der Waals surface area contributed by atoms with Gasteiger partial charge in [0, 0.05) is 25.8 Å². The predicted octanol–water partition coefficient (Wildman–Crippen LogP) is 3.76. The van der Waals surface area contributed by atoms with Crippen LogP contribution < -0.4 is 5.32 Å². The van der Waals surface area contributed by atoms with Crippen molar-refractivity contribution >= 4 is 0 Å². The molecular formula is C25H37NO4. The number of unbranched alkanes of at least 4 members (excludes halogenated alkanes) is 2. The molecule has 0 heterocycles. The molecule has 0 saturated carbocycles.